The number of rotatable bonds is 27. The first-order valence-electron chi connectivity index (χ1n) is 18.2. The van der Waals surface area contributed by atoms with Crippen LogP contribution in [0.5, 0.6) is 0 Å². The smallest absolute Gasteiger partial charge is 0.305 e. The summed E-state index contributed by atoms with van der Waals surface area (Å²) in [5.74, 6) is -13.1. The number of Topliss-reactive ketones (excluding diaryl/α,β-unsaturated/α-hetero) is 1. The number of ketones is 1. The number of amides is 7. The van der Waals surface area contributed by atoms with Gasteiger partial charge in [0.2, 0.25) is 41.2 Å². The molecule has 0 radical (unpaired) electrons. The third kappa shape index (κ3) is 20.2. The number of carbonyl (C=O) groups excluding carboxylic acids is 8. The van der Waals surface area contributed by atoms with Crippen LogP contribution in [0.3, 0.4) is 0 Å². The van der Waals surface area contributed by atoms with Crippen LogP contribution >= 0.6 is 0 Å². The van der Waals surface area contributed by atoms with Gasteiger partial charge in [0.1, 0.15) is 30.2 Å². The van der Waals surface area contributed by atoms with Gasteiger partial charge in [0.25, 0.3) is 5.91 Å². The Morgan fingerprint density at radius 1 is 0.579 bits per heavy atom. The Morgan fingerprint density at radius 2 is 1.07 bits per heavy atom. The minimum atomic E-state index is -1.83. The standard InChI is InChI=1S/C35H57N7O15/c1-7-8-9-18(27(51)29(36)52)38-31(54)20(14-17(2)3)40-34(57)28(35(4,5)6)42-33(56)22(16-43)41-30(53)19(10-12-24(45)46)39-32(55)21(15-26(49)50)37-23(44)11-13-25(47)48/h17-22,28,43H,7-16H2,1-6H3,(H2,36,52)(H,37,44)(H,38,54)(H,39,55)(H,40,57)(H,41,53)(H,42,56)(H,45,46)(H,47,48)(H,49,50)/t18-,19-,20-,21-,22-,28+/m0/s1. The molecule has 7 amide bonds. The van der Waals surface area contributed by atoms with Crippen molar-refractivity contribution < 1.29 is 73.2 Å². The first kappa shape index (κ1) is 51.3. The number of nitrogens with two attached hydrogens (primary N) is 1. The second-order valence-electron chi connectivity index (χ2n) is 14.8. The maximum atomic E-state index is 13.7. The molecule has 0 aliphatic heterocycles. The van der Waals surface area contributed by atoms with Crippen LogP contribution in [0.4, 0.5) is 0 Å². The van der Waals surface area contributed by atoms with Crippen molar-refractivity contribution in [3.63, 3.8) is 0 Å². The van der Waals surface area contributed by atoms with Gasteiger partial charge in [-0.3, -0.25) is 52.7 Å². The number of aliphatic hydroxyl groups excluding tert-OH is 1. The van der Waals surface area contributed by atoms with Crippen molar-refractivity contribution in [2.45, 2.75) is 136 Å². The molecular formula is C35H57N7O15. The molecule has 0 aromatic carbocycles. The molecule has 22 heteroatoms. The van der Waals surface area contributed by atoms with Crippen molar-refractivity contribution >= 4 is 65.0 Å². The summed E-state index contributed by atoms with van der Waals surface area (Å²) in [6.07, 6.45) is -2.35. The van der Waals surface area contributed by atoms with E-state index in [1.807, 2.05) is 12.2 Å². The lowest BCUT2D eigenvalue weighted by molar-refractivity contribution is -0.142. The Morgan fingerprint density at radius 3 is 1.54 bits per heavy atom. The lowest BCUT2D eigenvalue weighted by Crippen LogP contribution is -2.62. The summed E-state index contributed by atoms with van der Waals surface area (Å²) in [6.45, 7) is 8.92. The molecule has 22 nitrogen and oxygen atoms in total. The van der Waals surface area contributed by atoms with Crippen molar-refractivity contribution in [3.8, 4) is 0 Å². The third-order valence-corrected chi connectivity index (χ3v) is 8.17. The number of nitrogens with one attached hydrogen (secondary N) is 6. The van der Waals surface area contributed by atoms with E-state index in [2.05, 4.69) is 26.6 Å². The Balaban J connectivity index is 6.26. The van der Waals surface area contributed by atoms with Crippen molar-refractivity contribution in [2.24, 2.45) is 17.1 Å². The molecule has 0 spiro atoms. The summed E-state index contributed by atoms with van der Waals surface area (Å²) in [4.78, 5) is 137. The van der Waals surface area contributed by atoms with Gasteiger partial charge >= 0.3 is 17.9 Å². The number of carboxylic acids is 3. The molecule has 0 saturated heterocycles. The van der Waals surface area contributed by atoms with Gasteiger partial charge in [0.15, 0.2) is 0 Å². The van der Waals surface area contributed by atoms with Crippen molar-refractivity contribution in [2.75, 3.05) is 6.61 Å². The lowest BCUT2D eigenvalue weighted by Gasteiger charge is -2.33. The maximum absolute atomic E-state index is 13.7. The number of carboxylic acid groups (broad SMARTS) is 3. The molecule has 6 atom stereocenters. The fourth-order valence-corrected chi connectivity index (χ4v) is 5.14. The summed E-state index contributed by atoms with van der Waals surface area (Å²) in [7, 11) is 0. The summed E-state index contributed by atoms with van der Waals surface area (Å²) in [5.41, 5.74) is 4.08. The lowest BCUT2D eigenvalue weighted by atomic mass is 9.85. The molecule has 0 aromatic rings. The molecule has 0 aromatic heterocycles. The van der Waals surface area contributed by atoms with E-state index in [9.17, 15) is 68.1 Å². The summed E-state index contributed by atoms with van der Waals surface area (Å²) < 4.78 is 0. The van der Waals surface area contributed by atoms with Crippen LogP contribution < -0.4 is 37.6 Å². The van der Waals surface area contributed by atoms with Gasteiger partial charge < -0.3 is 58.1 Å². The molecule has 0 rings (SSSR count). The second-order valence-corrected chi connectivity index (χ2v) is 14.8. The largest absolute Gasteiger partial charge is 0.481 e. The zero-order valence-corrected chi connectivity index (χ0v) is 33.0. The molecule has 0 unspecified atom stereocenters. The molecule has 0 fully saturated rings. The topological polar surface area (TPSA) is 367 Å². The van der Waals surface area contributed by atoms with E-state index in [0.29, 0.717) is 12.8 Å². The van der Waals surface area contributed by atoms with E-state index in [1.165, 1.54) is 0 Å². The van der Waals surface area contributed by atoms with Crippen LogP contribution in [-0.4, -0.2) is 128 Å². The molecule has 12 N–H and O–H groups in total. The highest BCUT2D eigenvalue weighted by Gasteiger charge is 2.38. The molecule has 0 bridgehead atoms. The van der Waals surface area contributed by atoms with Crippen molar-refractivity contribution in [1.29, 1.82) is 0 Å². The number of unbranched alkanes of at least 4 members (excludes halogenated alkanes) is 1. The van der Waals surface area contributed by atoms with Gasteiger partial charge in [0.05, 0.1) is 25.5 Å². The Kier molecular flexibility index (Phi) is 22.3. The zero-order valence-electron chi connectivity index (χ0n) is 33.0. The number of aliphatic carboxylic acids is 3. The SMILES string of the molecule is CCCC[C@H](NC(=O)[C@H](CC(C)C)NC(=O)[C@@H](NC(=O)[C@H](CO)NC(=O)[C@H](CCC(=O)O)NC(=O)[C@H](CC(=O)O)NC(=O)CCC(=O)O)C(C)(C)C)C(=O)C(N)=O. The van der Waals surface area contributed by atoms with E-state index in [1.54, 1.807) is 34.6 Å². The Hall–Kier alpha value is -5.67. The summed E-state index contributed by atoms with van der Waals surface area (Å²) >= 11 is 0. The van der Waals surface area contributed by atoms with E-state index in [4.69, 9.17) is 10.8 Å². The number of aliphatic hydroxyl groups is 1. The fourth-order valence-electron chi connectivity index (χ4n) is 5.14. The highest BCUT2D eigenvalue weighted by molar-refractivity contribution is 6.37. The van der Waals surface area contributed by atoms with Gasteiger partial charge in [0, 0.05) is 12.8 Å². The molecule has 0 aliphatic rings. The maximum Gasteiger partial charge on any atom is 0.305 e. The first-order chi connectivity index (χ1) is 26.3. The molecule has 0 heterocycles. The van der Waals surface area contributed by atoms with Gasteiger partial charge in [-0.2, -0.15) is 0 Å². The van der Waals surface area contributed by atoms with Crippen LogP contribution in [-0.2, 0) is 52.7 Å². The van der Waals surface area contributed by atoms with Crippen LogP contribution in [0.25, 0.3) is 0 Å². The summed E-state index contributed by atoms with van der Waals surface area (Å²) in [6, 6.07) is -9.38. The van der Waals surface area contributed by atoms with Gasteiger partial charge in [-0.05, 0) is 30.6 Å². The molecule has 0 aliphatic carbocycles. The van der Waals surface area contributed by atoms with Crippen LogP contribution in [0.15, 0.2) is 0 Å². The highest BCUT2D eigenvalue weighted by Crippen LogP contribution is 2.20. The normalized spacial score (nSPS) is 14.3. The summed E-state index contributed by atoms with van der Waals surface area (Å²) in [5, 5.41) is 51.1. The number of primary amides is 1. The Labute approximate surface area is 329 Å². The predicted molar refractivity (Wildman–Crippen MR) is 197 cm³/mol. The fraction of sp³-hybridized carbons (Fsp3) is 0.686. The first-order valence-corrected chi connectivity index (χ1v) is 18.2. The van der Waals surface area contributed by atoms with Crippen LogP contribution in [0.2, 0.25) is 0 Å². The molecular weight excluding hydrogens is 758 g/mol. The van der Waals surface area contributed by atoms with Crippen molar-refractivity contribution in [3.05, 3.63) is 0 Å². The molecule has 0 saturated carbocycles. The molecule has 322 valence electrons. The monoisotopic (exact) mass is 815 g/mol. The van der Waals surface area contributed by atoms with E-state index < -0.39 is 145 Å². The number of carbonyl (C=O) groups is 11. The van der Waals surface area contributed by atoms with Gasteiger partial charge in [-0.15, -0.1) is 0 Å². The number of hydrogen-bond acceptors (Lipinski definition) is 12. The Bertz CT molecular complexity index is 1490. The number of hydrogen-bond donors (Lipinski definition) is 11. The van der Waals surface area contributed by atoms with Crippen LogP contribution in [0.1, 0.15) is 99.3 Å². The second kappa shape index (κ2) is 24.8. The van der Waals surface area contributed by atoms with Gasteiger partial charge in [-0.1, -0.05) is 54.4 Å². The average molecular weight is 816 g/mol. The minimum Gasteiger partial charge on any atom is -0.481 e. The molecule has 57 heavy (non-hydrogen) atoms. The van der Waals surface area contributed by atoms with Crippen molar-refractivity contribution in [1.82, 2.24) is 31.9 Å². The zero-order chi connectivity index (χ0) is 44.2. The van der Waals surface area contributed by atoms with E-state index in [-0.39, 0.29) is 18.8 Å². The highest BCUT2D eigenvalue weighted by atomic mass is 16.4. The predicted octanol–water partition coefficient (Wildman–Crippen LogP) is -2.57. The van der Waals surface area contributed by atoms with E-state index >= 15 is 0 Å². The van der Waals surface area contributed by atoms with Crippen LogP contribution in [0, 0.1) is 11.3 Å². The van der Waals surface area contributed by atoms with E-state index in [0.717, 1.165) is 0 Å². The quantitative estimate of drug-likeness (QED) is 0.0380. The average Bonchev–Trinajstić information content (AvgIpc) is 3.09. The minimum absolute atomic E-state index is 0.0613. The van der Waals surface area contributed by atoms with Gasteiger partial charge in [-0.25, -0.2) is 0 Å². The third-order valence-electron chi connectivity index (χ3n) is 8.17.